The summed E-state index contributed by atoms with van der Waals surface area (Å²) in [6, 6.07) is 8.99. The minimum absolute atomic E-state index is 0.0789. The van der Waals surface area contributed by atoms with Crippen LogP contribution in [0.5, 0.6) is 0 Å². The molecule has 0 radical (unpaired) electrons. The summed E-state index contributed by atoms with van der Waals surface area (Å²) in [4.78, 5) is 0. The lowest BCUT2D eigenvalue weighted by Gasteiger charge is -2.31. The van der Waals surface area contributed by atoms with Gasteiger partial charge in [0.1, 0.15) is 17.8 Å². The molecule has 5 heteroatoms. The van der Waals surface area contributed by atoms with E-state index in [0.717, 1.165) is 10.9 Å². The van der Waals surface area contributed by atoms with Gasteiger partial charge in [-0.1, -0.05) is 42.5 Å². The number of aliphatic hydroxyl groups excluding tert-OH is 3. The number of thiocarbonyl (C=S) groups is 1. The van der Waals surface area contributed by atoms with E-state index < -0.39 is 24.4 Å². The van der Waals surface area contributed by atoms with Crippen molar-refractivity contribution in [3.8, 4) is 0 Å². The Kier molecular flexibility index (Phi) is 5.17. The minimum atomic E-state index is -1.74. The van der Waals surface area contributed by atoms with Crippen molar-refractivity contribution in [3.63, 3.8) is 0 Å². The number of hydrogen-bond acceptors (Lipinski definition) is 5. The predicted octanol–water partition coefficient (Wildman–Crippen LogP) is -0.326. The average Bonchev–Trinajstić information content (AvgIpc) is 2.37. The maximum Gasteiger partial charge on any atom is 0.125 e. The third-order valence-corrected chi connectivity index (χ3v) is 3.01. The van der Waals surface area contributed by atoms with Crippen molar-refractivity contribution in [3.05, 3.63) is 35.9 Å². The summed E-state index contributed by atoms with van der Waals surface area (Å²) in [5.41, 5.74) is -0.959. The van der Waals surface area contributed by atoms with E-state index in [1.54, 1.807) is 24.3 Å². The van der Waals surface area contributed by atoms with E-state index in [-0.39, 0.29) is 6.42 Å². The molecule has 3 atom stereocenters. The molecule has 0 aliphatic carbocycles. The van der Waals surface area contributed by atoms with E-state index in [1.165, 1.54) is 0 Å². The Morgan fingerprint density at radius 3 is 2.29 bits per heavy atom. The smallest absolute Gasteiger partial charge is 0.125 e. The van der Waals surface area contributed by atoms with E-state index >= 15 is 0 Å². The molecule has 0 unspecified atom stereocenters. The van der Waals surface area contributed by atoms with E-state index in [1.807, 2.05) is 6.07 Å². The molecular weight excluding hydrogens is 240 g/mol. The van der Waals surface area contributed by atoms with Crippen LogP contribution in [0.4, 0.5) is 0 Å². The fraction of sp³-hybridized carbons (Fsp3) is 0.417. The molecule has 0 aliphatic heterocycles. The summed E-state index contributed by atoms with van der Waals surface area (Å²) < 4.78 is 0. The monoisotopic (exact) mass is 256 g/mol. The zero-order chi connectivity index (χ0) is 12.9. The van der Waals surface area contributed by atoms with Crippen LogP contribution in [0, 0.1) is 0 Å². The number of benzene rings is 1. The van der Waals surface area contributed by atoms with Crippen LogP contribution < -0.4 is 0 Å². The van der Waals surface area contributed by atoms with Crippen LogP contribution in [0.1, 0.15) is 5.56 Å². The summed E-state index contributed by atoms with van der Waals surface area (Å²) in [6.45, 7) is -0.637. The minimum Gasteiger partial charge on any atom is -0.394 e. The normalized spacial score (nSPS) is 18.1. The molecule has 0 fully saturated rings. The Hall–Kier alpha value is -0.850. The van der Waals surface area contributed by atoms with E-state index in [9.17, 15) is 15.3 Å². The highest BCUT2D eigenvalue weighted by Crippen LogP contribution is 2.18. The van der Waals surface area contributed by atoms with Gasteiger partial charge < -0.3 is 20.4 Å². The van der Waals surface area contributed by atoms with Crippen LogP contribution in [-0.4, -0.2) is 50.2 Å². The Labute approximate surface area is 105 Å². The molecule has 4 N–H and O–H groups in total. The van der Waals surface area contributed by atoms with Gasteiger partial charge in [-0.25, -0.2) is 0 Å². The lowest BCUT2D eigenvalue weighted by atomic mass is 9.88. The first-order valence-corrected chi connectivity index (χ1v) is 5.70. The second-order valence-electron chi connectivity index (χ2n) is 3.97. The van der Waals surface area contributed by atoms with Crippen molar-refractivity contribution in [1.82, 2.24) is 0 Å². The van der Waals surface area contributed by atoms with Crippen molar-refractivity contribution in [1.29, 1.82) is 0 Å². The number of hydrogen-bond donors (Lipinski definition) is 4. The van der Waals surface area contributed by atoms with Crippen molar-refractivity contribution >= 4 is 17.6 Å². The first-order chi connectivity index (χ1) is 8.03. The quantitative estimate of drug-likeness (QED) is 0.524. The lowest BCUT2D eigenvalue weighted by molar-refractivity contribution is -0.0986. The molecule has 17 heavy (non-hydrogen) atoms. The van der Waals surface area contributed by atoms with Gasteiger partial charge in [-0.3, -0.25) is 0 Å². The van der Waals surface area contributed by atoms with Gasteiger partial charge in [-0.05, 0) is 5.56 Å². The Balaban J connectivity index is 2.85. The van der Waals surface area contributed by atoms with Crippen LogP contribution >= 0.6 is 12.2 Å². The van der Waals surface area contributed by atoms with Gasteiger partial charge in [-0.15, -0.1) is 0 Å². The molecule has 4 nitrogen and oxygen atoms in total. The average molecular weight is 256 g/mol. The van der Waals surface area contributed by atoms with Crippen LogP contribution in [0.2, 0.25) is 0 Å². The fourth-order valence-electron chi connectivity index (χ4n) is 1.57. The molecule has 0 heterocycles. The zero-order valence-electron chi connectivity index (χ0n) is 9.23. The largest absolute Gasteiger partial charge is 0.394 e. The maximum absolute atomic E-state index is 10.2. The van der Waals surface area contributed by atoms with Crippen LogP contribution in [-0.2, 0) is 6.42 Å². The Morgan fingerprint density at radius 1 is 1.24 bits per heavy atom. The molecule has 0 bridgehead atoms. The molecule has 0 amide bonds. The highest BCUT2D eigenvalue weighted by molar-refractivity contribution is 7.79. The molecule has 1 rings (SSSR count). The third-order valence-electron chi connectivity index (χ3n) is 2.60. The second kappa shape index (κ2) is 6.18. The first kappa shape index (κ1) is 14.2. The molecule has 0 saturated heterocycles. The standard InChI is InChI=1S/C12H16O4S/c13-7-10(14)11(15)12(16,8-17)6-9-4-2-1-3-5-9/h1-5,8,10-11,13-16H,6-7H2/t10-,11-,12+/m1/s1. The molecule has 0 saturated carbocycles. The maximum atomic E-state index is 10.2. The van der Waals surface area contributed by atoms with Crippen molar-refractivity contribution in [2.24, 2.45) is 0 Å². The van der Waals surface area contributed by atoms with Gasteiger partial charge >= 0.3 is 0 Å². The second-order valence-corrected chi connectivity index (χ2v) is 4.20. The third kappa shape index (κ3) is 3.55. The van der Waals surface area contributed by atoms with E-state index in [4.69, 9.17) is 17.3 Å². The van der Waals surface area contributed by atoms with Crippen LogP contribution in [0.25, 0.3) is 0 Å². The van der Waals surface area contributed by atoms with Gasteiger partial charge in [0.2, 0.25) is 0 Å². The highest BCUT2D eigenvalue weighted by atomic mass is 32.1. The summed E-state index contributed by atoms with van der Waals surface area (Å²) in [7, 11) is 0. The molecule has 0 aliphatic rings. The van der Waals surface area contributed by atoms with Gasteiger partial charge in [0.15, 0.2) is 0 Å². The summed E-state index contributed by atoms with van der Waals surface area (Å²) in [5.74, 6) is 0. The Bertz CT molecular complexity index is 357. The number of aliphatic hydroxyl groups is 4. The van der Waals surface area contributed by atoms with Crippen molar-refractivity contribution in [2.75, 3.05) is 6.61 Å². The molecule has 1 aromatic rings. The van der Waals surface area contributed by atoms with E-state index in [2.05, 4.69) is 0 Å². The first-order valence-electron chi connectivity index (χ1n) is 5.23. The molecule has 0 spiro atoms. The summed E-state index contributed by atoms with van der Waals surface area (Å²) in [5, 5.41) is 39.0. The van der Waals surface area contributed by atoms with Gasteiger partial charge in [0, 0.05) is 11.8 Å². The molecular formula is C12H16O4S. The number of rotatable bonds is 6. The van der Waals surface area contributed by atoms with Crippen molar-refractivity contribution in [2.45, 2.75) is 24.2 Å². The van der Waals surface area contributed by atoms with Crippen LogP contribution in [0.3, 0.4) is 0 Å². The zero-order valence-corrected chi connectivity index (χ0v) is 10.0. The molecule has 1 aromatic carbocycles. The lowest BCUT2D eigenvalue weighted by Crippen LogP contribution is -2.52. The van der Waals surface area contributed by atoms with E-state index in [0.29, 0.717) is 0 Å². The highest BCUT2D eigenvalue weighted by Gasteiger charge is 2.38. The SMILES string of the molecule is OC[C@@H](O)[C@@H](O)[C@@](O)(C=S)Cc1ccccc1. The van der Waals surface area contributed by atoms with Gasteiger partial charge in [0.25, 0.3) is 0 Å². The Morgan fingerprint density at radius 2 is 1.82 bits per heavy atom. The molecule has 0 aromatic heterocycles. The summed E-state index contributed by atoms with van der Waals surface area (Å²) in [6.07, 6.45) is -2.87. The van der Waals surface area contributed by atoms with Crippen molar-refractivity contribution < 1.29 is 20.4 Å². The van der Waals surface area contributed by atoms with Gasteiger partial charge in [0.05, 0.1) is 6.61 Å². The predicted molar refractivity (Wildman–Crippen MR) is 67.9 cm³/mol. The topological polar surface area (TPSA) is 80.9 Å². The molecule has 94 valence electrons. The van der Waals surface area contributed by atoms with Gasteiger partial charge in [-0.2, -0.15) is 0 Å². The van der Waals surface area contributed by atoms with Crippen LogP contribution in [0.15, 0.2) is 30.3 Å². The fourth-order valence-corrected chi connectivity index (χ4v) is 1.79. The summed E-state index contributed by atoms with van der Waals surface area (Å²) >= 11 is 4.70.